The van der Waals surface area contributed by atoms with Gasteiger partial charge in [-0.1, -0.05) is 35.9 Å². The van der Waals surface area contributed by atoms with Crippen molar-refractivity contribution in [1.82, 2.24) is 5.32 Å². The highest BCUT2D eigenvalue weighted by Crippen LogP contribution is 2.20. The SMILES string of the molecule is Cc1ccccc1[C@H](O)CNC(=O)CC1=CCCCC1. The van der Waals surface area contributed by atoms with Crippen molar-refractivity contribution in [2.45, 2.75) is 45.1 Å². The van der Waals surface area contributed by atoms with Gasteiger partial charge in [-0.2, -0.15) is 0 Å². The molecule has 0 spiro atoms. The second-order valence-electron chi connectivity index (χ2n) is 5.46. The fraction of sp³-hybridized carbons (Fsp3) is 0.471. The first-order valence-corrected chi connectivity index (χ1v) is 7.35. The Hall–Kier alpha value is -1.61. The molecule has 1 aromatic carbocycles. The summed E-state index contributed by atoms with van der Waals surface area (Å²) in [5.41, 5.74) is 3.16. The smallest absolute Gasteiger partial charge is 0.224 e. The molecule has 0 radical (unpaired) electrons. The molecular weight excluding hydrogens is 250 g/mol. The molecule has 2 rings (SSSR count). The normalized spacial score (nSPS) is 16.4. The van der Waals surface area contributed by atoms with Gasteiger partial charge in [-0.05, 0) is 43.7 Å². The molecule has 0 fully saturated rings. The van der Waals surface area contributed by atoms with Crippen molar-refractivity contribution in [2.75, 3.05) is 6.54 Å². The maximum absolute atomic E-state index is 11.9. The van der Waals surface area contributed by atoms with Crippen LogP contribution < -0.4 is 5.32 Å². The Labute approximate surface area is 120 Å². The summed E-state index contributed by atoms with van der Waals surface area (Å²) in [6.45, 7) is 2.24. The number of carbonyl (C=O) groups is 1. The highest BCUT2D eigenvalue weighted by atomic mass is 16.3. The lowest BCUT2D eigenvalue weighted by Gasteiger charge is -2.16. The lowest BCUT2D eigenvalue weighted by atomic mass is 9.97. The maximum Gasteiger partial charge on any atom is 0.224 e. The first-order chi connectivity index (χ1) is 9.66. The van der Waals surface area contributed by atoms with Gasteiger partial charge in [-0.25, -0.2) is 0 Å². The fourth-order valence-corrected chi connectivity index (χ4v) is 2.62. The van der Waals surface area contributed by atoms with Crippen molar-refractivity contribution < 1.29 is 9.90 Å². The van der Waals surface area contributed by atoms with Crippen molar-refractivity contribution in [3.05, 3.63) is 47.0 Å². The number of benzene rings is 1. The molecule has 0 aromatic heterocycles. The van der Waals surface area contributed by atoms with Crippen LogP contribution in [0.15, 0.2) is 35.9 Å². The average molecular weight is 273 g/mol. The minimum atomic E-state index is -0.638. The summed E-state index contributed by atoms with van der Waals surface area (Å²) in [5, 5.41) is 13.0. The third-order valence-electron chi connectivity index (χ3n) is 3.81. The number of allylic oxidation sites excluding steroid dienone is 1. The molecule has 3 nitrogen and oxygen atoms in total. The standard InChI is InChI=1S/C17H23NO2/c1-13-7-5-6-10-15(13)16(19)12-18-17(20)11-14-8-3-2-4-9-14/h5-8,10,16,19H,2-4,9,11-12H2,1H3,(H,18,20)/t16-/m1/s1. The van der Waals surface area contributed by atoms with Gasteiger partial charge in [-0.3, -0.25) is 4.79 Å². The van der Waals surface area contributed by atoms with Crippen molar-refractivity contribution >= 4 is 5.91 Å². The number of aryl methyl sites for hydroxylation is 1. The van der Waals surface area contributed by atoms with E-state index in [1.165, 1.54) is 18.4 Å². The van der Waals surface area contributed by atoms with Gasteiger partial charge in [0, 0.05) is 13.0 Å². The second kappa shape index (κ2) is 7.25. The van der Waals surface area contributed by atoms with E-state index in [2.05, 4.69) is 11.4 Å². The van der Waals surface area contributed by atoms with Gasteiger partial charge in [0.2, 0.25) is 5.91 Å². The molecule has 108 valence electrons. The number of amides is 1. The van der Waals surface area contributed by atoms with Crippen LogP contribution in [0, 0.1) is 6.92 Å². The van der Waals surface area contributed by atoms with Gasteiger partial charge in [0.1, 0.15) is 0 Å². The van der Waals surface area contributed by atoms with Gasteiger partial charge < -0.3 is 10.4 Å². The van der Waals surface area contributed by atoms with Crippen molar-refractivity contribution in [3.63, 3.8) is 0 Å². The van der Waals surface area contributed by atoms with Crippen LogP contribution in [-0.4, -0.2) is 17.6 Å². The number of aliphatic hydroxyl groups is 1. The molecule has 0 aliphatic heterocycles. The number of hydrogen-bond acceptors (Lipinski definition) is 2. The van der Waals surface area contributed by atoms with Crippen LogP contribution in [0.4, 0.5) is 0 Å². The van der Waals surface area contributed by atoms with Crippen LogP contribution in [-0.2, 0) is 4.79 Å². The zero-order chi connectivity index (χ0) is 14.4. The van der Waals surface area contributed by atoms with Crippen molar-refractivity contribution in [3.8, 4) is 0 Å². The first-order valence-electron chi connectivity index (χ1n) is 7.35. The van der Waals surface area contributed by atoms with E-state index >= 15 is 0 Å². The number of hydrogen-bond donors (Lipinski definition) is 2. The van der Waals surface area contributed by atoms with Crippen LogP contribution in [0.25, 0.3) is 0 Å². The molecule has 20 heavy (non-hydrogen) atoms. The molecule has 0 saturated heterocycles. The Kier molecular flexibility index (Phi) is 5.36. The molecule has 1 aromatic rings. The first kappa shape index (κ1) is 14.8. The van der Waals surface area contributed by atoms with Gasteiger partial charge in [0.05, 0.1) is 6.10 Å². The third kappa shape index (κ3) is 4.20. The molecule has 0 unspecified atom stereocenters. The van der Waals surface area contributed by atoms with E-state index < -0.39 is 6.10 Å². The van der Waals surface area contributed by atoms with Crippen molar-refractivity contribution in [1.29, 1.82) is 0 Å². The molecular formula is C17H23NO2. The largest absolute Gasteiger partial charge is 0.387 e. The zero-order valence-corrected chi connectivity index (χ0v) is 12.1. The van der Waals surface area contributed by atoms with Gasteiger partial charge >= 0.3 is 0 Å². The van der Waals surface area contributed by atoms with E-state index in [0.717, 1.165) is 24.0 Å². The van der Waals surface area contributed by atoms with E-state index in [1.54, 1.807) is 0 Å². The second-order valence-corrected chi connectivity index (χ2v) is 5.46. The summed E-state index contributed by atoms with van der Waals surface area (Å²) >= 11 is 0. The summed E-state index contributed by atoms with van der Waals surface area (Å²) in [5.74, 6) is 0.00536. The van der Waals surface area contributed by atoms with Crippen LogP contribution in [0.2, 0.25) is 0 Å². The van der Waals surface area contributed by atoms with Gasteiger partial charge in [0.15, 0.2) is 0 Å². The van der Waals surface area contributed by atoms with Crippen molar-refractivity contribution in [2.24, 2.45) is 0 Å². The van der Waals surface area contributed by atoms with Crippen LogP contribution in [0.3, 0.4) is 0 Å². The Morgan fingerprint density at radius 2 is 2.15 bits per heavy atom. The molecule has 1 aliphatic carbocycles. The lowest BCUT2D eigenvalue weighted by Crippen LogP contribution is -2.28. The molecule has 1 atom stereocenters. The van der Waals surface area contributed by atoms with Crippen LogP contribution >= 0.6 is 0 Å². The summed E-state index contributed by atoms with van der Waals surface area (Å²) in [6.07, 6.45) is 6.56. The summed E-state index contributed by atoms with van der Waals surface area (Å²) in [4.78, 5) is 11.9. The monoisotopic (exact) mass is 273 g/mol. The van der Waals surface area contributed by atoms with E-state index in [0.29, 0.717) is 6.42 Å². The predicted molar refractivity (Wildman–Crippen MR) is 80.3 cm³/mol. The molecule has 3 heteroatoms. The van der Waals surface area contributed by atoms with E-state index in [-0.39, 0.29) is 12.5 Å². The van der Waals surface area contributed by atoms with E-state index in [4.69, 9.17) is 0 Å². The van der Waals surface area contributed by atoms with Crippen LogP contribution in [0.1, 0.15) is 49.3 Å². The lowest BCUT2D eigenvalue weighted by molar-refractivity contribution is -0.120. The Morgan fingerprint density at radius 1 is 1.35 bits per heavy atom. The minimum absolute atomic E-state index is 0.00536. The Balaban J connectivity index is 1.81. The highest BCUT2D eigenvalue weighted by Gasteiger charge is 2.13. The quantitative estimate of drug-likeness (QED) is 0.810. The topological polar surface area (TPSA) is 49.3 Å². The van der Waals surface area contributed by atoms with Gasteiger partial charge in [0.25, 0.3) is 0 Å². The predicted octanol–water partition coefficient (Wildman–Crippen LogP) is 3.04. The zero-order valence-electron chi connectivity index (χ0n) is 12.1. The minimum Gasteiger partial charge on any atom is -0.387 e. The number of carbonyl (C=O) groups excluding carboxylic acids is 1. The summed E-state index contributed by atoms with van der Waals surface area (Å²) in [6, 6.07) is 7.71. The average Bonchev–Trinajstić information content (AvgIpc) is 2.46. The fourth-order valence-electron chi connectivity index (χ4n) is 2.62. The highest BCUT2D eigenvalue weighted by molar-refractivity contribution is 5.78. The molecule has 1 amide bonds. The molecule has 2 N–H and O–H groups in total. The summed E-state index contributed by atoms with van der Waals surface area (Å²) < 4.78 is 0. The number of aliphatic hydroxyl groups excluding tert-OH is 1. The maximum atomic E-state index is 11.9. The van der Waals surface area contributed by atoms with Gasteiger partial charge in [-0.15, -0.1) is 0 Å². The summed E-state index contributed by atoms with van der Waals surface area (Å²) in [7, 11) is 0. The Bertz CT molecular complexity index is 494. The number of nitrogens with one attached hydrogen (secondary N) is 1. The van der Waals surface area contributed by atoms with E-state index in [1.807, 2.05) is 31.2 Å². The molecule has 1 aliphatic rings. The molecule has 0 saturated carbocycles. The Morgan fingerprint density at radius 3 is 2.85 bits per heavy atom. The molecule has 0 heterocycles. The number of rotatable bonds is 5. The molecule has 0 bridgehead atoms. The third-order valence-corrected chi connectivity index (χ3v) is 3.81. The van der Waals surface area contributed by atoms with Crippen LogP contribution in [0.5, 0.6) is 0 Å². The van der Waals surface area contributed by atoms with E-state index in [9.17, 15) is 9.90 Å².